The zero-order valence-corrected chi connectivity index (χ0v) is 16.1. The van der Waals surface area contributed by atoms with Crippen LogP contribution in [0.1, 0.15) is 36.1 Å². The Balaban J connectivity index is 1.90. The Morgan fingerprint density at radius 3 is 1.29 bits per heavy atom. The van der Waals surface area contributed by atoms with Gasteiger partial charge >= 0.3 is 0 Å². The van der Waals surface area contributed by atoms with E-state index in [1.165, 1.54) is 11.1 Å². The summed E-state index contributed by atoms with van der Waals surface area (Å²) < 4.78 is 0. The van der Waals surface area contributed by atoms with E-state index in [1.54, 1.807) is 12.1 Å². The Bertz CT molecular complexity index is 949. The molecule has 0 radical (unpaired) electrons. The van der Waals surface area contributed by atoms with Gasteiger partial charge in [-0.25, -0.2) is 0 Å². The molecule has 0 bridgehead atoms. The molecular weight excluding hydrogens is 344 g/mol. The van der Waals surface area contributed by atoms with Crippen molar-refractivity contribution in [2.45, 2.75) is 26.7 Å². The zero-order valence-electron chi connectivity index (χ0n) is 16.1. The summed E-state index contributed by atoms with van der Waals surface area (Å²) in [5, 5.41) is 25.7. The lowest BCUT2D eigenvalue weighted by Gasteiger charge is -2.14. The van der Waals surface area contributed by atoms with Crippen molar-refractivity contribution in [1.29, 1.82) is 10.5 Å². The number of nitriles is 2. The number of anilines is 4. The monoisotopic (exact) mass is 366 g/mol. The summed E-state index contributed by atoms with van der Waals surface area (Å²) in [7, 11) is 0. The second-order valence-electron chi connectivity index (χ2n) is 6.52. The van der Waals surface area contributed by atoms with Crippen LogP contribution in [-0.4, -0.2) is 0 Å². The highest BCUT2D eigenvalue weighted by Crippen LogP contribution is 2.29. The normalized spacial score (nSPS) is 10.0. The highest BCUT2D eigenvalue weighted by atomic mass is 14.9. The van der Waals surface area contributed by atoms with Crippen LogP contribution < -0.4 is 10.6 Å². The molecule has 3 rings (SSSR count). The maximum Gasteiger partial charge on any atom is 0.101 e. The predicted octanol–water partition coefficient (Wildman–Crippen LogP) is 6.04. The highest BCUT2D eigenvalue weighted by molar-refractivity contribution is 5.77. The lowest BCUT2D eigenvalue weighted by atomic mass is 10.1. The van der Waals surface area contributed by atoms with E-state index in [9.17, 15) is 10.5 Å². The zero-order chi connectivity index (χ0) is 19.9. The van der Waals surface area contributed by atoms with Crippen LogP contribution in [-0.2, 0) is 12.8 Å². The number of rotatable bonds is 6. The Labute approximate surface area is 166 Å². The number of hydrogen-bond acceptors (Lipinski definition) is 4. The van der Waals surface area contributed by atoms with Gasteiger partial charge in [-0.05, 0) is 60.4 Å². The standard InChI is InChI=1S/C24H22N4/c1-3-17-5-9-21(10-6-17)27-23-13-20(16-26)24(14-19(23)15-25)28-22-11-7-18(4-2)8-12-22/h5-14,27-28H,3-4H2,1-2H3. The molecule has 0 unspecified atom stereocenters. The Kier molecular flexibility index (Phi) is 5.94. The molecule has 28 heavy (non-hydrogen) atoms. The van der Waals surface area contributed by atoms with Crippen molar-refractivity contribution in [2.24, 2.45) is 0 Å². The smallest absolute Gasteiger partial charge is 0.101 e. The molecular formula is C24H22N4. The van der Waals surface area contributed by atoms with Crippen LogP contribution in [0.2, 0.25) is 0 Å². The van der Waals surface area contributed by atoms with Crippen LogP contribution in [0, 0.1) is 22.7 Å². The summed E-state index contributed by atoms with van der Waals surface area (Å²) in [6.45, 7) is 4.22. The molecule has 0 atom stereocenters. The van der Waals surface area contributed by atoms with Gasteiger partial charge in [-0.15, -0.1) is 0 Å². The molecule has 3 aromatic rings. The van der Waals surface area contributed by atoms with E-state index in [0.29, 0.717) is 22.5 Å². The molecule has 0 saturated heterocycles. The molecule has 0 fully saturated rings. The molecule has 0 aromatic heterocycles. The number of nitrogens with one attached hydrogen (secondary N) is 2. The third-order valence-electron chi connectivity index (χ3n) is 4.68. The van der Waals surface area contributed by atoms with Crippen molar-refractivity contribution in [3.05, 3.63) is 82.9 Å². The number of hydrogen-bond donors (Lipinski definition) is 2. The topological polar surface area (TPSA) is 71.6 Å². The van der Waals surface area contributed by atoms with Crippen molar-refractivity contribution in [1.82, 2.24) is 0 Å². The minimum atomic E-state index is 0.478. The molecule has 0 aliphatic carbocycles. The van der Waals surface area contributed by atoms with E-state index >= 15 is 0 Å². The second kappa shape index (κ2) is 8.75. The number of benzene rings is 3. The lowest BCUT2D eigenvalue weighted by molar-refractivity contribution is 1.14. The SMILES string of the molecule is CCc1ccc(Nc2cc(C#N)c(Nc3ccc(CC)cc3)cc2C#N)cc1. The third-order valence-corrected chi connectivity index (χ3v) is 4.68. The molecule has 0 heterocycles. The highest BCUT2D eigenvalue weighted by Gasteiger charge is 2.11. The molecule has 4 heteroatoms. The molecule has 0 saturated carbocycles. The van der Waals surface area contributed by atoms with E-state index in [4.69, 9.17) is 0 Å². The summed E-state index contributed by atoms with van der Waals surface area (Å²) in [6.07, 6.45) is 1.95. The predicted molar refractivity (Wildman–Crippen MR) is 114 cm³/mol. The van der Waals surface area contributed by atoms with Gasteiger partial charge in [-0.1, -0.05) is 38.1 Å². The maximum atomic E-state index is 9.60. The summed E-state index contributed by atoms with van der Waals surface area (Å²) in [5.41, 5.74) is 6.46. The van der Waals surface area contributed by atoms with E-state index < -0.39 is 0 Å². The first kappa shape index (κ1) is 19.0. The Morgan fingerprint density at radius 2 is 1.00 bits per heavy atom. The van der Waals surface area contributed by atoms with Crippen LogP contribution >= 0.6 is 0 Å². The van der Waals surface area contributed by atoms with Crippen molar-refractivity contribution in [2.75, 3.05) is 10.6 Å². The first-order chi connectivity index (χ1) is 13.7. The van der Waals surface area contributed by atoms with Gasteiger partial charge < -0.3 is 10.6 Å². The van der Waals surface area contributed by atoms with Crippen LogP contribution in [0.25, 0.3) is 0 Å². The molecule has 2 N–H and O–H groups in total. The van der Waals surface area contributed by atoms with E-state index in [2.05, 4.69) is 60.9 Å². The average molecular weight is 366 g/mol. The second-order valence-corrected chi connectivity index (χ2v) is 6.52. The molecule has 0 spiro atoms. The molecule has 0 aliphatic heterocycles. The minimum Gasteiger partial charge on any atom is -0.354 e. The van der Waals surface area contributed by atoms with Crippen LogP contribution in [0.5, 0.6) is 0 Å². The largest absolute Gasteiger partial charge is 0.354 e. The van der Waals surface area contributed by atoms with Crippen molar-refractivity contribution in [3.8, 4) is 12.1 Å². The molecule has 0 amide bonds. The van der Waals surface area contributed by atoms with Gasteiger partial charge in [0.05, 0.1) is 22.5 Å². The van der Waals surface area contributed by atoms with Crippen molar-refractivity contribution >= 4 is 22.7 Å². The Hall–Kier alpha value is -3.76. The summed E-state index contributed by atoms with van der Waals surface area (Å²) >= 11 is 0. The van der Waals surface area contributed by atoms with Crippen molar-refractivity contribution in [3.63, 3.8) is 0 Å². The lowest BCUT2D eigenvalue weighted by Crippen LogP contribution is -1.99. The third kappa shape index (κ3) is 4.31. The van der Waals surface area contributed by atoms with Gasteiger partial charge in [0.15, 0.2) is 0 Å². The average Bonchev–Trinajstić information content (AvgIpc) is 2.75. The summed E-state index contributed by atoms with van der Waals surface area (Å²) in [5.74, 6) is 0. The molecule has 4 nitrogen and oxygen atoms in total. The molecule has 0 aliphatic rings. The van der Waals surface area contributed by atoms with Crippen LogP contribution in [0.15, 0.2) is 60.7 Å². The summed E-state index contributed by atoms with van der Waals surface area (Å²) in [6, 6.07) is 24.0. The van der Waals surface area contributed by atoms with Crippen LogP contribution in [0.4, 0.5) is 22.7 Å². The molecule has 138 valence electrons. The van der Waals surface area contributed by atoms with Gasteiger partial charge in [0.1, 0.15) is 12.1 Å². The van der Waals surface area contributed by atoms with E-state index in [-0.39, 0.29) is 0 Å². The van der Waals surface area contributed by atoms with Crippen LogP contribution in [0.3, 0.4) is 0 Å². The quantitative estimate of drug-likeness (QED) is 0.558. The fourth-order valence-electron chi connectivity index (χ4n) is 2.95. The summed E-state index contributed by atoms with van der Waals surface area (Å²) in [4.78, 5) is 0. The maximum absolute atomic E-state index is 9.60. The Morgan fingerprint density at radius 1 is 0.643 bits per heavy atom. The number of aryl methyl sites for hydroxylation is 2. The fraction of sp³-hybridized carbons (Fsp3) is 0.167. The van der Waals surface area contributed by atoms with Gasteiger partial charge in [0, 0.05) is 11.4 Å². The minimum absolute atomic E-state index is 0.478. The first-order valence-electron chi connectivity index (χ1n) is 9.37. The van der Waals surface area contributed by atoms with E-state index in [0.717, 1.165) is 24.2 Å². The van der Waals surface area contributed by atoms with E-state index in [1.807, 2.05) is 24.3 Å². The molecule has 3 aromatic carbocycles. The first-order valence-corrected chi connectivity index (χ1v) is 9.37. The number of nitrogens with zero attached hydrogens (tertiary/aromatic N) is 2. The van der Waals surface area contributed by atoms with Crippen molar-refractivity contribution < 1.29 is 0 Å². The van der Waals surface area contributed by atoms with Gasteiger partial charge in [-0.2, -0.15) is 10.5 Å². The fourth-order valence-corrected chi connectivity index (χ4v) is 2.95. The van der Waals surface area contributed by atoms with Gasteiger partial charge in [0.25, 0.3) is 0 Å². The van der Waals surface area contributed by atoms with Gasteiger partial charge in [0.2, 0.25) is 0 Å². The van der Waals surface area contributed by atoms with Gasteiger partial charge in [-0.3, -0.25) is 0 Å².